The van der Waals surface area contributed by atoms with E-state index in [1.165, 1.54) is 16.6 Å². The van der Waals surface area contributed by atoms with E-state index in [2.05, 4.69) is 36.2 Å². The van der Waals surface area contributed by atoms with Gasteiger partial charge >= 0.3 is 0 Å². The third-order valence-corrected chi connectivity index (χ3v) is 5.58. The van der Waals surface area contributed by atoms with Crippen LogP contribution in [0.25, 0.3) is 10.9 Å². The number of aryl methyl sites for hydroxylation is 1. The van der Waals surface area contributed by atoms with Crippen LogP contribution in [0.15, 0.2) is 42.5 Å². The molecule has 0 bridgehead atoms. The van der Waals surface area contributed by atoms with E-state index in [9.17, 15) is 4.79 Å². The molecule has 1 fully saturated rings. The molecule has 5 heteroatoms. The summed E-state index contributed by atoms with van der Waals surface area (Å²) in [5, 5.41) is 1.23. The molecule has 2 heterocycles. The summed E-state index contributed by atoms with van der Waals surface area (Å²) in [6.45, 7) is 3.61. The minimum Gasteiger partial charge on any atom is -0.493 e. The Labute approximate surface area is 165 Å². The molecule has 0 aliphatic carbocycles. The van der Waals surface area contributed by atoms with Gasteiger partial charge in [-0.3, -0.25) is 4.79 Å². The summed E-state index contributed by atoms with van der Waals surface area (Å²) in [6.07, 6.45) is 2.08. The molecule has 1 unspecified atom stereocenters. The highest BCUT2D eigenvalue weighted by Crippen LogP contribution is 2.32. The van der Waals surface area contributed by atoms with Gasteiger partial charge < -0.3 is 19.4 Å². The summed E-state index contributed by atoms with van der Waals surface area (Å²) in [5.41, 5.74) is 4.26. The number of piperidine rings is 1. The summed E-state index contributed by atoms with van der Waals surface area (Å²) in [6, 6.07) is 14.0. The molecular weight excluding hydrogens is 352 g/mol. The van der Waals surface area contributed by atoms with E-state index < -0.39 is 0 Å². The number of aromatic nitrogens is 1. The zero-order chi connectivity index (χ0) is 19.7. The van der Waals surface area contributed by atoms with Crippen LogP contribution in [0.2, 0.25) is 0 Å². The van der Waals surface area contributed by atoms with Crippen molar-refractivity contribution in [3.8, 4) is 11.5 Å². The minimum atomic E-state index is 0.0395. The molecule has 146 valence electrons. The first-order chi connectivity index (χ1) is 13.6. The fourth-order valence-corrected chi connectivity index (χ4v) is 4.06. The minimum absolute atomic E-state index is 0.0395. The Hall–Kier alpha value is -2.95. The zero-order valence-corrected chi connectivity index (χ0v) is 16.6. The number of benzene rings is 2. The van der Waals surface area contributed by atoms with E-state index in [1.807, 2.05) is 4.90 Å². The number of carbonyl (C=O) groups excluding carboxylic acids is 1. The molecule has 0 saturated carbocycles. The number of hydrogen-bond acceptors (Lipinski definition) is 3. The van der Waals surface area contributed by atoms with Gasteiger partial charge in [-0.2, -0.15) is 0 Å². The standard InChI is InChI=1S/C23H26N2O3/c1-15-6-8-19-18(11-15)12-20(24-19)17-5-4-10-25(14-17)23(26)16-7-9-21(27-2)22(13-16)28-3/h6-9,11-13,17,24H,4-5,10,14H2,1-3H3. The molecule has 3 aromatic rings. The lowest BCUT2D eigenvalue weighted by molar-refractivity contribution is 0.0705. The number of methoxy groups -OCH3 is 2. The summed E-state index contributed by atoms with van der Waals surface area (Å²) in [5.74, 6) is 1.57. The van der Waals surface area contributed by atoms with Gasteiger partial charge in [0.1, 0.15) is 0 Å². The lowest BCUT2D eigenvalue weighted by Gasteiger charge is -2.32. The number of H-pyrrole nitrogens is 1. The lowest BCUT2D eigenvalue weighted by atomic mass is 9.94. The number of aromatic amines is 1. The maximum Gasteiger partial charge on any atom is 0.254 e. The summed E-state index contributed by atoms with van der Waals surface area (Å²) < 4.78 is 10.6. The van der Waals surface area contributed by atoms with Crippen molar-refractivity contribution >= 4 is 16.8 Å². The van der Waals surface area contributed by atoms with Crippen molar-refractivity contribution in [3.05, 3.63) is 59.3 Å². The highest BCUT2D eigenvalue weighted by Gasteiger charge is 2.27. The Morgan fingerprint density at radius 1 is 1.07 bits per heavy atom. The predicted molar refractivity (Wildman–Crippen MR) is 110 cm³/mol. The molecule has 0 radical (unpaired) electrons. The first-order valence-corrected chi connectivity index (χ1v) is 9.69. The predicted octanol–water partition coefficient (Wildman–Crippen LogP) is 4.51. The van der Waals surface area contributed by atoms with Crippen molar-refractivity contribution in [1.29, 1.82) is 0 Å². The van der Waals surface area contributed by atoms with E-state index in [4.69, 9.17) is 9.47 Å². The third-order valence-electron chi connectivity index (χ3n) is 5.58. The van der Waals surface area contributed by atoms with Crippen molar-refractivity contribution in [2.45, 2.75) is 25.7 Å². The Kier molecular flexibility index (Phi) is 4.99. The molecule has 28 heavy (non-hydrogen) atoms. The maximum atomic E-state index is 13.1. The third kappa shape index (κ3) is 3.44. The van der Waals surface area contributed by atoms with E-state index in [1.54, 1.807) is 32.4 Å². The first kappa shape index (κ1) is 18.4. The van der Waals surface area contributed by atoms with E-state index >= 15 is 0 Å². The lowest BCUT2D eigenvalue weighted by Crippen LogP contribution is -2.39. The number of carbonyl (C=O) groups is 1. The van der Waals surface area contributed by atoms with Gasteiger partial charge in [0.25, 0.3) is 5.91 Å². The number of nitrogens with one attached hydrogen (secondary N) is 1. The van der Waals surface area contributed by atoms with Crippen LogP contribution in [0.1, 0.15) is 40.4 Å². The van der Waals surface area contributed by atoms with Gasteiger partial charge in [-0.05, 0) is 61.5 Å². The average Bonchev–Trinajstić information content (AvgIpc) is 3.16. The SMILES string of the molecule is COc1ccc(C(=O)N2CCCC(c3cc4cc(C)ccc4[nH]3)C2)cc1OC. The maximum absolute atomic E-state index is 13.1. The number of hydrogen-bond donors (Lipinski definition) is 1. The molecule has 1 aliphatic rings. The van der Waals surface area contributed by atoms with Crippen LogP contribution in [0.4, 0.5) is 0 Å². The second kappa shape index (κ2) is 7.58. The van der Waals surface area contributed by atoms with Crippen molar-refractivity contribution < 1.29 is 14.3 Å². The van der Waals surface area contributed by atoms with Crippen molar-refractivity contribution in [1.82, 2.24) is 9.88 Å². The zero-order valence-electron chi connectivity index (χ0n) is 16.6. The van der Waals surface area contributed by atoms with Gasteiger partial charge in [0.05, 0.1) is 14.2 Å². The Morgan fingerprint density at radius 3 is 2.68 bits per heavy atom. The van der Waals surface area contributed by atoms with Gasteiger partial charge in [0.2, 0.25) is 0 Å². The molecule has 2 aromatic carbocycles. The van der Waals surface area contributed by atoms with Crippen LogP contribution in [0.3, 0.4) is 0 Å². The van der Waals surface area contributed by atoms with Crippen LogP contribution >= 0.6 is 0 Å². The Balaban J connectivity index is 1.55. The van der Waals surface area contributed by atoms with Crippen LogP contribution in [-0.4, -0.2) is 43.1 Å². The number of ether oxygens (including phenoxy) is 2. The van der Waals surface area contributed by atoms with Gasteiger partial charge in [0.15, 0.2) is 11.5 Å². The summed E-state index contributed by atoms with van der Waals surface area (Å²) in [7, 11) is 3.18. The fourth-order valence-electron chi connectivity index (χ4n) is 4.06. The molecule has 4 rings (SSSR count). The average molecular weight is 378 g/mol. The van der Waals surface area contributed by atoms with Crippen LogP contribution in [-0.2, 0) is 0 Å². The fraction of sp³-hybridized carbons (Fsp3) is 0.348. The van der Waals surface area contributed by atoms with Gasteiger partial charge in [-0.1, -0.05) is 11.6 Å². The van der Waals surface area contributed by atoms with Crippen LogP contribution < -0.4 is 9.47 Å². The molecular formula is C23H26N2O3. The number of amides is 1. The van der Waals surface area contributed by atoms with Gasteiger partial charge in [0, 0.05) is 35.8 Å². The topological polar surface area (TPSA) is 54.6 Å². The molecule has 5 nitrogen and oxygen atoms in total. The Morgan fingerprint density at radius 2 is 1.89 bits per heavy atom. The molecule has 1 saturated heterocycles. The number of fused-ring (bicyclic) bond motifs is 1. The molecule has 1 aliphatic heterocycles. The quantitative estimate of drug-likeness (QED) is 0.727. The monoisotopic (exact) mass is 378 g/mol. The number of nitrogens with zero attached hydrogens (tertiary/aromatic N) is 1. The van der Waals surface area contributed by atoms with E-state index in [-0.39, 0.29) is 5.91 Å². The summed E-state index contributed by atoms with van der Waals surface area (Å²) >= 11 is 0. The van der Waals surface area contributed by atoms with Gasteiger partial charge in [-0.25, -0.2) is 0 Å². The van der Waals surface area contributed by atoms with Crippen molar-refractivity contribution in [2.24, 2.45) is 0 Å². The Bertz CT molecular complexity index is 1010. The van der Waals surface area contributed by atoms with Crippen molar-refractivity contribution in [3.63, 3.8) is 0 Å². The normalized spacial score (nSPS) is 17.0. The molecule has 1 aromatic heterocycles. The first-order valence-electron chi connectivity index (χ1n) is 9.69. The highest BCUT2D eigenvalue weighted by atomic mass is 16.5. The van der Waals surface area contributed by atoms with Crippen LogP contribution in [0, 0.1) is 6.92 Å². The number of likely N-dealkylation sites (tertiary alicyclic amines) is 1. The van der Waals surface area contributed by atoms with E-state index in [0.717, 1.165) is 31.4 Å². The highest BCUT2D eigenvalue weighted by molar-refractivity contribution is 5.95. The van der Waals surface area contributed by atoms with Gasteiger partial charge in [-0.15, -0.1) is 0 Å². The van der Waals surface area contributed by atoms with Crippen molar-refractivity contribution in [2.75, 3.05) is 27.3 Å². The molecule has 1 N–H and O–H groups in total. The molecule has 1 amide bonds. The van der Waals surface area contributed by atoms with Crippen LogP contribution in [0.5, 0.6) is 11.5 Å². The smallest absolute Gasteiger partial charge is 0.254 e. The number of rotatable bonds is 4. The second-order valence-corrected chi connectivity index (χ2v) is 7.48. The molecule has 1 atom stereocenters. The molecule has 0 spiro atoms. The largest absolute Gasteiger partial charge is 0.493 e. The second-order valence-electron chi connectivity index (χ2n) is 7.48. The summed E-state index contributed by atoms with van der Waals surface area (Å²) in [4.78, 5) is 18.6. The van der Waals surface area contributed by atoms with E-state index in [0.29, 0.717) is 23.0 Å².